The zero-order chi connectivity index (χ0) is 59.2. The molecule has 0 heterocycles. The van der Waals surface area contributed by atoms with E-state index in [1.165, 1.54) is 327 Å². The van der Waals surface area contributed by atoms with Gasteiger partial charge in [0, 0.05) is 19.3 Å². The van der Waals surface area contributed by atoms with Crippen molar-refractivity contribution in [1.82, 2.24) is 0 Å². The summed E-state index contributed by atoms with van der Waals surface area (Å²) in [7, 11) is 0. The minimum absolute atomic E-state index is 0.0650. The van der Waals surface area contributed by atoms with Gasteiger partial charge < -0.3 is 14.2 Å². The van der Waals surface area contributed by atoms with E-state index in [4.69, 9.17) is 14.2 Å². The molecule has 0 N–H and O–H groups in total. The van der Waals surface area contributed by atoms with E-state index >= 15 is 0 Å². The van der Waals surface area contributed by atoms with Crippen LogP contribution in [0.4, 0.5) is 0 Å². The summed E-state index contributed by atoms with van der Waals surface area (Å²) >= 11 is 0. The highest BCUT2D eigenvalue weighted by atomic mass is 16.6. The van der Waals surface area contributed by atoms with Gasteiger partial charge in [-0.2, -0.15) is 0 Å². The number of rotatable bonds is 70. The summed E-state index contributed by atoms with van der Waals surface area (Å²) in [5, 5.41) is 0. The molecule has 82 heavy (non-hydrogen) atoms. The molecule has 484 valence electrons. The van der Waals surface area contributed by atoms with E-state index < -0.39 is 6.10 Å². The Morgan fingerprint density at radius 3 is 0.610 bits per heavy atom. The first kappa shape index (κ1) is 79.9. The number of unbranched alkanes of at least 4 members (excludes halogenated alkanes) is 55. The molecule has 0 aliphatic heterocycles. The molecule has 0 radical (unpaired) electrons. The van der Waals surface area contributed by atoms with Crippen molar-refractivity contribution in [3.63, 3.8) is 0 Å². The van der Waals surface area contributed by atoms with Gasteiger partial charge in [0.05, 0.1) is 0 Å². The van der Waals surface area contributed by atoms with Crippen molar-refractivity contribution in [2.75, 3.05) is 13.2 Å². The first-order valence-corrected chi connectivity index (χ1v) is 37.3. The van der Waals surface area contributed by atoms with Gasteiger partial charge in [0.25, 0.3) is 0 Å². The molecule has 6 heteroatoms. The highest BCUT2D eigenvalue weighted by Gasteiger charge is 2.20. The molecule has 0 aromatic heterocycles. The first-order chi connectivity index (χ1) is 40.5. The molecule has 0 fully saturated rings. The molecule has 0 bridgehead atoms. The van der Waals surface area contributed by atoms with E-state index in [1.807, 2.05) is 0 Å². The number of carbonyl (C=O) groups excluding carboxylic acids is 3. The number of esters is 3. The SMILES string of the molecule is CCCCCCCCCC/C=C\CCCCCCCCCCCCCCCCCCCCCC(=O)OCC(COC(=O)CCCCCCCC)OC(=O)CCCCCCCCCCCCCCCCC/C=C\CCCCCCCCCC. The maximum absolute atomic E-state index is 12.9. The van der Waals surface area contributed by atoms with E-state index in [2.05, 4.69) is 45.1 Å². The van der Waals surface area contributed by atoms with E-state index in [9.17, 15) is 14.4 Å². The van der Waals surface area contributed by atoms with Gasteiger partial charge in [0.1, 0.15) is 13.2 Å². The highest BCUT2D eigenvalue weighted by molar-refractivity contribution is 5.71. The van der Waals surface area contributed by atoms with Crippen molar-refractivity contribution < 1.29 is 28.6 Å². The molecule has 0 aromatic rings. The topological polar surface area (TPSA) is 78.9 Å². The number of hydrogen-bond acceptors (Lipinski definition) is 6. The van der Waals surface area contributed by atoms with Gasteiger partial charge in [-0.15, -0.1) is 0 Å². The summed E-state index contributed by atoms with van der Waals surface area (Å²) in [4.78, 5) is 38.1. The van der Waals surface area contributed by atoms with E-state index in [0.29, 0.717) is 19.3 Å². The van der Waals surface area contributed by atoms with Gasteiger partial charge in [-0.05, 0) is 70.6 Å². The molecule has 0 saturated heterocycles. The monoisotopic (exact) mass is 1150 g/mol. The minimum Gasteiger partial charge on any atom is -0.462 e. The molecular formula is C76H144O6. The van der Waals surface area contributed by atoms with Crippen LogP contribution >= 0.6 is 0 Å². The Kier molecular flexibility index (Phi) is 69.5. The quantitative estimate of drug-likeness (QED) is 0.0261. The van der Waals surface area contributed by atoms with Crippen LogP contribution in [0.1, 0.15) is 425 Å². The molecule has 0 aromatic carbocycles. The smallest absolute Gasteiger partial charge is 0.306 e. The van der Waals surface area contributed by atoms with Crippen molar-refractivity contribution in [1.29, 1.82) is 0 Å². The Bertz CT molecular complexity index is 1320. The van der Waals surface area contributed by atoms with E-state index in [1.54, 1.807) is 0 Å². The zero-order valence-corrected chi connectivity index (χ0v) is 55.8. The lowest BCUT2D eigenvalue weighted by atomic mass is 10.0. The largest absolute Gasteiger partial charge is 0.462 e. The molecule has 0 spiro atoms. The Hall–Kier alpha value is -2.11. The summed E-state index contributed by atoms with van der Waals surface area (Å²) in [6.45, 7) is 6.66. The van der Waals surface area contributed by atoms with Crippen LogP contribution in [0, 0.1) is 0 Å². The molecule has 0 saturated carbocycles. The molecule has 6 nitrogen and oxygen atoms in total. The van der Waals surface area contributed by atoms with Gasteiger partial charge in [0.15, 0.2) is 6.10 Å². The Balaban J connectivity index is 3.93. The Morgan fingerprint density at radius 2 is 0.402 bits per heavy atom. The lowest BCUT2D eigenvalue weighted by molar-refractivity contribution is -0.167. The first-order valence-electron chi connectivity index (χ1n) is 37.3. The second-order valence-electron chi connectivity index (χ2n) is 25.6. The third-order valence-electron chi connectivity index (χ3n) is 17.2. The van der Waals surface area contributed by atoms with E-state index in [-0.39, 0.29) is 31.1 Å². The van der Waals surface area contributed by atoms with Crippen LogP contribution in [0.25, 0.3) is 0 Å². The molecule has 0 rings (SSSR count). The van der Waals surface area contributed by atoms with Gasteiger partial charge in [-0.3, -0.25) is 14.4 Å². The molecule has 0 amide bonds. The van der Waals surface area contributed by atoms with Crippen LogP contribution in [0.2, 0.25) is 0 Å². The number of carbonyl (C=O) groups is 3. The predicted octanol–water partition coefficient (Wildman–Crippen LogP) is 25.7. The van der Waals surface area contributed by atoms with E-state index in [0.717, 1.165) is 57.8 Å². The maximum atomic E-state index is 12.9. The number of hydrogen-bond donors (Lipinski definition) is 0. The van der Waals surface area contributed by atoms with Gasteiger partial charge in [-0.25, -0.2) is 0 Å². The third kappa shape index (κ3) is 68.7. The molecule has 0 aliphatic carbocycles. The molecular weight excluding hydrogens is 1010 g/mol. The second-order valence-corrected chi connectivity index (χ2v) is 25.6. The summed E-state index contributed by atoms with van der Waals surface area (Å²) < 4.78 is 16.9. The lowest BCUT2D eigenvalue weighted by Crippen LogP contribution is -2.30. The number of allylic oxidation sites excluding steroid dienone is 4. The molecule has 1 atom stereocenters. The summed E-state index contributed by atoms with van der Waals surface area (Å²) in [5.41, 5.74) is 0. The van der Waals surface area contributed by atoms with Crippen LogP contribution in [-0.4, -0.2) is 37.2 Å². The second kappa shape index (κ2) is 71.4. The fraction of sp³-hybridized carbons (Fsp3) is 0.908. The Morgan fingerprint density at radius 1 is 0.232 bits per heavy atom. The van der Waals surface area contributed by atoms with Crippen molar-refractivity contribution >= 4 is 17.9 Å². The normalized spacial score (nSPS) is 12.1. The van der Waals surface area contributed by atoms with Crippen LogP contribution in [-0.2, 0) is 28.6 Å². The minimum atomic E-state index is -0.765. The lowest BCUT2D eigenvalue weighted by Gasteiger charge is -2.18. The van der Waals surface area contributed by atoms with Crippen molar-refractivity contribution in [3.8, 4) is 0 Å². The Labute approximate surface area is 513 Å². The molecule has 0 aliphatic rings. The van der Waals surface area contributed by atoms with Crippen LogP contribution in [0.5, 0.6) is 0 Å². The van der Waals surface area contributed by atoms with Crippen LogP contribution < -0.4 is 0 Å². The zero-order valence-electron chi connectivity index (χ0n) is 55.8. The maximum Gasteiger partial charge on any atom is 0.306 e. The van der Waals surface area contributed by atoms with Crippen molar-refractivity contribution in [2.45, 2.75) is 431 Å². The van der Waals surface area contributed by atoms with Crippen LogP contribution in [0.3, 0.4) is 0 Å². The van der Waals surface area contributed by atoms with Crippen LogP contribution in [0.15, 0.2) is 24.3 Å². The van der Waals surface area contributed by atoms with Crippen molar-refractivity contribution in [3.05, 3.63) is 24.3 Å². The highest BCUT2D eigenvalue weighted by Crippen LogP contribution is 2.19. The summed E-state index contributed by atoms with van der Waals surface area (Å²) in [6, 6.07) is 0. The summed E-state index contributed by atoms with van der Waals surface area (Å²) in [5.74, 6) is -0.844. The molecule has 1 unspecified atom stereocenters. The number of ether oxygens (including phenoxy) is 3. The third-order valence-corrected chi connectivity index (χ3v) is 17.2. The standard InChI is InChI=1S/C76H144O6/c1-4-7-10-13-16-18-20-22-24-26-28-30-32-34-36-37-38-39-41-42-44-46-48-50-52-54-56-58-60-63-66-69-75(78)81-72-73(71-80-74(77)68-65-62-15-12-9-6-3)82-76(79)70-67-64-61-59-57-55-53-51-49-47-45-43-40-35-33-31-29-27-25-23-21-19-17-14-11-8-5-2/h26-29,73H,4-25,30-72H2,1-3H3/b28-26-,29-27-. The van der Waals surface area contributed by atoms with Gasteiger partial charge in [-0.1, -0.05) is 360 Å². The van der Waals surface area contributed by atoms with Crippen molar-refractivity contribution in [2.24, 2.45) is 0 Å². The van der Waals surface area contributed by atoms with Gasteiger partial charge >= 0.3 is 17.9 Å². The fourth-order valence-electron chi connectivity index (χ4n) is 11.6. The van der Waals surface area contributed by atoms with Gasteiger partial charge in [0.2, 0.25) is 0 Å². The fourth-order valence-corrected chi connectivity index (χ4v) is 11.6. The average Bonchev–Trinajstić information content (AvgIpc) is 3.47. The summed E-state index contributed by atoms with van der Waals surface area (Å²) in [6.07, 6.45) is 88.5. The average molecular weight is 1150 g/mol. The predicted molar refractivity (Wildman–Crippen MR) is 358 cm³/mol.